The third kappa shape index (κ3) is 3.19. The summed E-state index contributed by atoms with van der Waals surface area (Å²) in [4.78, 5) is 0. The summed E-state index contributed by atoms with van der Waals surface area (Å²) in [6.07, 6.45) is 4.66. The first-order valence-corrected chi connectivity index (χ1v) is 6.18. The first-order valence-electron chi connectivity index (χ1n) is 5.80. The summed E-state index contributed by atoms with van der Waals surface area (Å²) < 4.78 is 13.1. The summed E-state index contributed by atoms with van der Waals surface area (Å²) in [6.45, 7) is 0. The van der Waals surface area contributed by atoms with Crippen LogP contribution in [0.25, 0.3) is 0 Å². The summed E-state index contributed by atoms with van der Waals surface area (Å²) in [5.74, 6) is 0.658. The molecule has 2 rings (SSSR count). The second-order valence-electron chi connectivity index (χ2n) is 4.60. The summed E-state index contributed by atoms with van der Waals surface area (Å²) in [5.41, 5.74) is 0.904. The van der Waals surface area contributed by atoms with Crippen LogP contribution >= 0.6 is 11.6 Å². The van der Waals surface area contributed by atoms with Crippen LogP contribution in [0.1, 0.15) is 24.8 Å². The van der Waals surface area contributed by atoms with Crippen LogP contribution in [0.2, 0.25) is 5.02 Å². The van der Waals surface area contributed by atoms with E-state index in [4.69, 9.17) is 11.6 Å². The minimum atomic E-state index is -0.208. The summed E-state index contributed by atoms with van der Waals surface area (Å²) in [7, 11) is 1.96. The van der Waals surface area contributed by atoms with E-state index in [1.54, 1.807) is 12.1 Å². The van der Waals surface area contributed by atoms with Crippen molar-refractivity contribution in [1.29, 1.82) is 0 Å². The molecule has 0 radical (unpaired) electrons. The van der Waals surface area contributed by atoms with E-state index >= 15 is 0 Å². The zero-order valence-corrected chi connectivity index (χ0v) is 10.2. The van der Waals surface area contributed by atoms with Gasteiger partial charge in [-0.3, -0.25) is 0 Å². The van der Waals surface area contributed by atoms with Crippen LogP contribution in [0, 0.1) is 11.7 Å². The normalized spacial score (nSPS) is 17.4. The smallest absolute Gasteiger partial charge is 0.123 e. The highest BCUT2D eigenvalue weighted by molar-refractivity contribution is 6.31. The molecule has 16 heavy (non-hydrogen) atoms. The van der Waals surface area contributed by atoms with E-state index in [1.165, 1.54) is 25.3 Å². The maximum absolute atomic E-state index is 13.1. The van der Waals surface area contributed by atoms with Crippen LogP contribution in [0.5, 0.6) is 0 Å². The molecule has 1 fully saturated rings. The number of benzene rings is 1. The van der Waals surface area contributed by atoms with E-state index in [1.807, 2.05) is 7.05 Å². The maximum atomic E-state index is 13.1. The monoisotopic (exact) mass is 241 g/mol. The minimum Gasteiger partial charge on any atom is -0.317 e. The van der Waals surface area contributed by atoms with Crippen LogP contribution in [-0.2, 0) is 6.42 Å². The van der Waals surface area contributed by atoms with Gasteiger partial charge in [-0.25, -0.2) is 4.39 Å². The van der Waals surface area contributed by atoms with E-state index in [0.29, 0.717) is 11.1 Å². The minimum absolute atomic E-state index is 0.208. The van der Waals surface area contributed by atoms with Gasteiger partial charge in [0.25, 0.3) is 0 Å². The van der Waals surface area contributed by atoms with Crippen molar-refractivity contribution in [3.05, 3.63) is 34.6 Å². The Hall–Kier alpha value is -0.600. The van der Waals surface area contributed by atoms with Crippen molar-refractivity contribution in [1.82, 2.24) is 5.32 Å². The van der Waals surface area contributed by atoms with Crippen molar-refractivity contribution in [2.24, 2.45) is 5.92 Å². The Kier molecular flexibility index (Phi) is 3.82. The molecular weight excluding hydrogens is 225 g/mol. The van der Waals surface area contributed by atoms with Gasteiger partial charge in [0.15, 0.2) is 0 Å². The first kappa shape index (κ1) is 11.9. The van der Waals surface area contributed by atoms with Gasteiger partial charge in [-0.05, 0) is 49.6 Å². The standard InChI is InChI=1S/C13H17ClFN/c1-16-12(6-9-2-3-9)8-10-7-11(15)4-5-13(10)14/h4-5,7,9,12,16H,2-3,6,8H2,1H3. The lowest BCUT2D eigenvalue weighted by molar-refractivity contribution is 0.489. The molecule has 0 bridgehead atoms. The Bertz CT molecular complexity index is 363. The predicted molar refractivity (Wildman–Crippen MR) is 65.3 cm³/mol. The van der Waals surface area contributed by atoms with E-state index in [-0.39, 0.29) is 5.82 Å². The van der Waals surface area contributed by atoms with Crippen LogP contribution < -0.4 is 5.32 Å². The van der Waals surface area contributed by atoms with Gasteiger partial charge in [0.05, 0.1) is 0 Å². The largest absolute Gasteiger partial charge is 0.317 e. The average Bonchev–Trinajstić information content (AvgIpc) is 3.06. The third-order valence-electron chi connectivity index (χ3n) is 3.20. The predicted octanol–water partition coefficient (Wildman–Crippen LogP) is 3.41. The molecule has 0 saturated heterocycles. The first-order chi connectivity index (χ1) is 7.69. The fourth-order valence-corrected chi connectivity index (χ4v) is 2.22. The van der Waals surface area contributed by atoms with Crippen molar-refractivity contribution >= 4 is 11.6 Å². The molecule has 0 spiro atoms. The van der Waals surface area contributed by atoms with Gasteiger partial charge in [-0.1, -0.05) is 24.4 Å². The van der Waals surface area contributed by atoms with Gasteiger partial charge in [-0.2, -0.15) is 0 Å². The molecule has 1 aliphatic rings. The van der Waals surface area contributed by atoms with E-state index in [2.05, 4.69) is 5.32 Å². The molecule has 1 saturated carbocycles. The Balaban J connectivity index is 2.01. The summed E-state index contributed by atoms with van der Waals surface area (Å²) in [6, 6.07) is 4.99. The van der Waals surface area contributed by atoms with Crippen molar-refractivity contribution < 1.29 is 4.39 Å². The Morgan fingerprint density at radius 3 is 2.88 bits per heavy atom. The molecular formula is C13H17ClFN. The number of hydrogen-bond acceptors (Lipinski definition) is 1. The molecule has 0 aromatic heterocycles. The third-order valence-corrected chi connectivity index (χ3v) is 3.57. The molecule has 88 valence electrons. The Morgan fingerprint density at radius 1 is 1.50 bits per heavy atom. The zero-order valence-electron chi connectivity index (χ0n) is 9.47. The van der Waals surface area contributed by atoms with Gasteiger partial charge in [0.1, 0.15) is 5.82 Å². The lowest BCUT2D eigenvalue weighted by Crippen LogP contribution is -2.28. The molecule has 1 aliphatic carbocycles. The molecule has 1 nitrogen and oxygen atoms in total. The topological polar surface area (TPSA) is 12.0 Å². The zero-order chi connectivity index (χ0) is 11.5. The number of hydrogen-bond donors (Lipinski definition) is 1. The quantitative estimate of drug-likeness (QED) is 0.833. The second kappa shape index (κ2) is 5.15. The molecule has 0 heterocycles. The highest BCUT2D eigenvalue weighted by Gasteiger charge is 2.25. The van der Waals surface area contributed by atoms with Crippen LogP contribution in [0.3, 0.4) is 0 Å². The van der Waals surface area contributed by atoms with Crippen molar-refractivity contribution in [3.8, 4) is 0 Å². The average molecular weight is 242 g/mol. The van der Waals surface area contributed by atoms with Crippen molar-refractivity contribution in [2.75, 3.05) is 7.05 Å². The fourth-order valence-electron chi connectivity index (χ4n) is 2.02. The van der Waals surface area contributed by atoms with E-state index in [9.17, 15) is 4.39 Å². The lowest BCUT2D eigenvalue weighted by Gasteiger charge is -2.16. The number of likely N-dealkylation sites (N-methyl/N-ethyl adjacent to an activating group) is 1. The SMILES string of the molecule is CNC(Cc1cc(F)ccc1Cl)CC1CC1. The van der Waals surface area contributed by atoms with E-state index < -0.39 is 0 Å². The Morgan fingerprint density at radius 2 is 2.25 bits per heavy atom. The highest BCUT2D eigenvalue weighted by atomic mass is 35.5. The number of halogens is 2. The number of rotatable bonds is 5. The molecule has 1 aromatic carbocycles. The summed E-state index contributed by atoms with van der Waals surface area (Å²) in [5, 5.41) is 3.95. The second-order valence-corrected chi connectivity index (χ2v) is 5.01. The van der Waals surface area contributed by atoms with Crippen LogP contribution in [0.15, 0.2) is 18.2 Å². The van der Waals surface area contributed by atoms with Gasteiger partial charge in [0, 0.05) is 11.1 Å². The Labute approximate surface area is 101 Å². The molecule has 0 amide bonds. The van der Waals surface area contributed by atoms with E-state index in [0.717, 1.165) is 17.9 Å². The lowest BCUT2D eigenvalue weighted by atomic mass is 10.0. The maximum Gasteiger partial charge on any atom is 0.123 e. The fraction of sp³-hybridized carbons (Fsp3) is 0.538. The molecule has 1 aromatic rings. The van der Waals surface area contributed by atoms with Crippen molar-refractivity contribution in [2.45, 2.75) is 31.7 Å². The highest BCUT2D eigenvalue weighted by Crippen LogP contribution is 2.34. The van der Waals surface area contributed by atoms with Gasteiger partial charge in [-0.15, -0.1) is 0 Å². The summed E-state index contributed by atoms with van der Waals surface area (Å²) >= 11 is 6.05. The number of nitrogens with one attached hydrogen (secondary N) is 1. The molecule has 1 N–H and O–H groups in total. The van der Waals surface area contributed by atoms with Gasteiger partial charge >= 0.3 is 0 Å². The molecule has 0 aliphatic heterocycles. The van der Waals surface area contributed by atoms with Gasteiger partial charge < -0.3 is 5.32 Å². The molecule has 1 unspecified atom stereocenters. The molecule has 1 atom stereocenters. The molecule has 3 heteroatoms. The van der Waals surface area contributed by atoms with Crippen LogP contribution in [-0.4, -0.2) is 13.1 Å². The van der Waals surface area contributed by atoms with Gasteiger partial charge in [0.2, 0.25) is 0 Å². The van der Waals surface area contributed by atoms with Crippen molar-refractivity contribution in [3.63, 3.8) is 0 Å². The van der Waals surface area contributed by atoms with Crippen LogP contribution in [0.4, 0.5) is 4.39 Å².